The van der Waals surface area contributed by atoms with Gasteiger partial charge in [-0.1, -0.05) is 37.7 Å². The zero-order valence-corrected chi connectivity index (χ0v) is 17.7. The van der Waals surface area contributed by atoms with Crippen LogP contribution in [0, 0.1) is 11.7 Å². The quantitative estimate of drug-likeness (QED) is 0.482. The Morgan fingerprint density at radius 2 is 2.10 bits per heavy atom. The van der Waals surface area contributed by atoms with E-state index in [0.717, 1.165) is 12.1 Å². The van der Waals surface area contributed by atoms with Gasteiger partial charge in [-0.05, 0) is 42.7 Å². The van der Waals surface area contributed by atoms with Gasteiger partial charge in [-0.2, -0.15) is 0 Å². The van der Waals surface area contributed by atoms with Crippen molar-refractivity contribution < 1.29 is 13.6 Å². The SMILES string of the molecule is CCN(Cc1cccc(F)c1)C(=O)CSc1nnc(-c2ccco2)n1CC(C)C. The van der Waals surface area contributed by atoms with Gasteiger partial charge in [0.1, 0.15) is 5.82 Å². The van der Waals surface area contributed by atoms with Crippen LogP contribution in [0.4, 0.5) is 4.39 Å². The Bertz CT molecular complexity index is 940. The fraction of sp³-hybridized carbons (Fsp3) is 0.381. The third-order valence-electron chi connectivity index (χ3n) is 4.33. The smallest absolute Gasteiger partial charge is 0.233 e. The topological polar surface area (TPSA) is 64.2 Å². The van der Waals surface area contributed by atoms with Crippen LogP contribution in [0.3, 0.4) is 0 Å². The van der Waals surface area contributed by atoms with Crippen LogP contribution in [-0.2, 0) is 17.9 Å². The molecule has 154 valence electrons. The summed E-state index contributed by atoms with van der Waals surface area (Å²) in [5.74, 6) is 1.60. The zero-order valence-electron chi connectivity index (χ0n) is 16.8. The molecule has 0 fully saturated rings. The molecule has 29 heavy (non-hydrogen) atoms. The van der Waals surface area contributed by atoms with Gasteiger partial charge >= 0.3 is 0 Å². The second kappa shape index (κ2) is 9.73. The molecule has 0 N–H and O–H groups in total. The van der Waals surface area contributed by atoms with Crippen molar-refractivity contribution in [2.75, 3.05) is 12.3 Å². The molecule has 2 heterocycles. The minimum atomic E-state index is -0.299. The maximum Gasteiger partial charge on any atom is 0.233 e. The van der Waals surface area contributed by atoms with E-state index in [1.165, 1.54) is 23.9 Å². The minimum Gasteiger partial charge on any atom is -0.461 e. The Labute approximate surface area is 174 Å². The van der Waals surface area contributed by atoms with E-state index in [9.17, 15) is 9.18 Å². The number of aromatic nitrogens is 3. The zero-order chi connectivity index (χ0) is 20.8. The van der Waals surface area contributed by atoms with Gasteiger partial charge in [-0.3, -0.25) is 9.36 Å². The number of furan rings is 1. The number of carbonyl (C=O) groups is 1. The highest BCUT2D eigenvalue weighted by atomic mass is 32.2. The minimum absolute atomic E-state index is 0.0274. The van der Waals surface area contributed by atoms with Gasteiger partial charge in [0, 0.05) is 19.6 Å². The number of halogens is 1. The third kappa shape index (κ3) is 5.47. The van der Waals surface area contributed by atoms with Crippen molar-refractivity contribution in [3.8, 4) is 11.6 Å². The highest BCUT2D eigenvalue weighted by Gasteiger charge is 2.20. The number of nitrogens with zero attached hydrogens (tertiary/aromatic N) is 4. The van der Waals surface area contributed by atoms with Crippen LogP contribution >= 0.6 is 11.8 Å². The van der Waals surface area contributed by atoms with E-state index in [0.29, 0.717) is 35.7 Å². The van der Waals surface area contributed by atoms with Crippen molar-refractivity contribution >= 4 is 17.7 Å². The first kappa shape index (κ1) is 21.1. The van der Waals surface area contributed by atoms with Gasteiger partial charge in [-0.15, -0.1) is 10.2 Å². The Kier molecular flexibility index (Phi) is 7.09. The van der Waals surface area contributed by atoms with Crippen LogP contribution in [0.15, 0.2) is 52.2 Å². The van der Waals surface area contributed by atoms with Crippen molar-refractivity contribution in [3.05, 3.63) is 54.0 Å². The highest BCUT2D eigenvalue weighted by molar-refractivity contribution is 7.99. The molecule has 0 saturated heterocycles. The monoisotopic (exact) mass is 416 g/mol. The lowest BCUT2D eigenvalue weighted by atomic mass is 10.2. The lowest BCUT2D eigenvalue weighted by Gasteiger charge is -2.21. The largest absolute Gasteiger partial charge is 0.461 e. The average molecular weight is 417 g/mol. The van der Waals surface area contributed by atoms with Crippen molar-refractivity contribution in [2.24, 2.45) is 5.92 Å². The molecule has 6 nitrogen and oxygen atoms in total. The summed E-state index contributed by atoms with van der Waals surface area (Å²) in [5, 5.41) is 9.22. The fourth-order valence-corrected chi connectivity index (χ4v) is 3.81. The summed E-state index contributed by atoms with van der Waals surface area (Å²) in [5.41, 5.74) is 0.772. The lowest BCUT2D eigenvalue weighted by Crippen LogP contribution is -2.31. The van der Waals surface area contributed by atoms with Crippen LogP contribution < -0.4 is 0 Å². The summed E-state index contributed by atoms with van der Waals surface area (Å²) in [6, 6.07) is 9.99. The molecule has 1 amide bonds. The summed E-state index contributed by atoms with van der Waals surface area (Å²) in [6.07, 6.45) is 1.60. The van der Waals surface area contributed by atoms with E-state index in [2.05, 4.69) is 24.0 Å². The fourth-order valence-electron chi connectivity index (χ4n) is 2.96. The number of hydrogen-bond acceptors (Lipinski definition) is 5. The number of benzene rings is 1. The van der Waals surface area contributed by atoms with Crippen molar-refractivity contribution in [1.29, 1.82) is 0 Å². The first-order chi connectivity index (χ1) is 14.0. The van der Waals surface area contributed by atoms with Gasteiger partial charge < -0.3 is 9.32 Å². The van der Waals surface area contributed by atoms with E-state index < -0.39 is 0 Å². The molecule has 0 aliphatic rings. The van der Waals surface area contributed by atoms with Crippen LogP contribution in [0.2, 0.25) is 0 Å². The van der Waals surface area contributed by atoms with E-state index in [1.807, 2.05) is 29.7 Å². The van der Waals surface area contributed by atoms with Crippen molar-refractivity contribution in [1.82, 2.24) is 19.7 Å². The molecule has 0 unspecified atom stereocenters. The average Bonchev–Trinajstić information content (AvgIpc) is 3.34. The Hall–Kier alpha value is -2.61. The third-order valence-corrected chi connectivity index (χ3v) is 5.28. The number of amides is 1. The molecule has 2 aromatic heterocycles. The van der Waals surface area contributed by atoms with E-state index in [1.54, 1.807) is 17.2 Å². The highest BCUT2D eigenvalue weighted by Crippen LogP contribution is 2.26. The van der Waals surface area contributed by atoms with E-state index in [4.69, 9.17) is 4.42 Å². The van der Waals surface area contributed by atoms with Crippen LogP contribution in [0.5, 0.6) is 0 Å². The normalized spacial score (nSPS) is 11.2. The predicted octanol–water partition coefficient (Wildman–Crippen LogP) is 4.47. The molecule has 0 aliphatic carbocycles. The molecule has 1 aromatic carbocycles. The summed E-state index contributed by atoms with van der Waals surface area (Å²) in [6.45, 7) is 7.79. The molecule has 3 rings (SSSR count). The molecule has 8 heteroatoms. The first-order valence-corrected chi connectivity index (χ1v) is 10.6. The van der Waals surface area contributed by atoms with Crippen molar-refractivity contribution in [3.63, 3.8) is 0 Å². The molecule has 0 saturated carbocycles. The summed E-state index contributed by atoms with van der Waals surface area (Å²) >= 11 is 1.36. The maximum absolute atomic E-state index is 13.4. The van der Waals surface area contributed by atoms with Crippen molar-refractivity contribution in [2.45, 2.75) is 39.0 Å². The molecule has 0 aliphatic heterocycles. The van der Waals surface area contributed by atoms with Gasteiger partial charge in [0.15, 0.2) is 16.7 Å². The Morgan fingerprint density at radius 3 is 2.76 bits per heavy atom. The lowest BCUT2D eigenvalue weighted by molar-refractivity contribution is -0.128. The summed E-state index contributed by atoms with van der Waals surface area (Å²) in [7, 11) is 0. The summed E-state index contributed by atoms with van der Waals surface area (Å²) in [4.78, 5) is 14.4. The van der Waals surface area contributed by atoms with Gasteiger partial charge in [0.2, 0.25) is 5.91 Å². The molecule has 0 atom stereocenters. The van der Waals surface area contributed by atoms with E-state index >= 15 is 0 Å². The second-order valence-electron chi connectivity index (χ2n) is 7.11. The van der Waals surface area contributed by atoms with E-state index in [-0.39, 0.29) is 17.5 Å². The molecular weight excluding hydrogens is 391 g/mol. The second-order valence-corrected chi connectivity index (χ2v) is 8.06. The van der Waals surface area contributed by atoms with Crippen LogP contribution in [0.25, 0.3) is 11.6 Å². The molecule has 0 radical (unpaired) electrons. The first-order valence-electron chi connectivity index (χ1n) is 9.60. The predicted molar refractivity (Wildman–Crippen MR) is 111 cm³/mol. The molecule has 0 bridgehead atoms. The van der Waals surface area contributed by atoms with Gasteiger partial charge in [0.05, 0.1) is 12.0 Å². The Balaban J connectivity index is 1.70. The van der Waals surface area contributed by atoms with Gasteiger partial charge in [0.25, 0.3) is 0 Å². The molecule has 0 spiro atoms. The number of thioether (sulfide) groups is 1. The molecular formula is C21H25FN4O2S. The van der Waals surface area contributed by atoms with Gasteiger partial charge in [-0.25, -0.2) is 4.39 Å². The molecule has 3 aromatic rings. The number of rotatable bonds is 9. The Morgan fingerprint density at radius 1 is 1.28 bits per heavy atom. The van der Waals surface area contributed by atoms with Crippen LogP contribution in [-0.4, -0.2) is 37.9 Å². The number of carbonyl (C=O) groups excluding carboxylic acids is 1. The van der Waals surface area contributed by atoms with Crippen LogP contribution in [0.1, 0.15) is 26.3 Å². The number of hydrogen-bond donors (Lipinski definition) is 0. The standard InChI is InChI=1S/C21H25FN4O2S/c1-4-25(13-16-7-5-8-17(22)11-16)19(27)14-29-21-24-23-20(18-9-6-10-28-18)26(21)12-15(2)3/h5-11,15H,4,12-14H2,1-3H3. The summed E-state index contributed by atoms with van der Waals surface area (Å²) < 4.78 is 20.9. The maximum atomic E-state index is 13.4.